The van der Waals surface area contributed by atoms with Crippen LogP contribution in [0.25, 0.3) is 5.76 Å². The lowest BCUT2D eigenvalue weighted by Crippen LogP contribution is -2.29. The van der Waals surface area contributed by atoms with E-state index < -0.39 is 35.2 Å². The van der Waals surface area contributed by atoms with Gasteiger partial charge in [0.25, 0.3) is 11.7 Å². The lowest BCUT2D eigenvalue weighted by atomic mass is 9.95. The fraction of sp³-hybridized carbons (Fsp3) is 0.154. The third-order valence-corrected chi connectivity index (χ3v) is 5.96. The predicted octanol–water partition coefficient (Wildman–Crippen LogP) is 6.09. The number of hydrogen-bond acceptors (Lipinski definition) is 5. The monoisotopic (exact) mass is 517 g/mol. The van der Waals surface area contributed by atoms with E-state index in [2.05, 4.69) is 0 Å². The van der Waals surface area contributed by atoms with E-state index in [1.54, 1.807) is 13.0 Å². The fourth-order valence-corrected chi connectivity index (χ4v) is 4.18. The van der Waals surface area contributed by atoms with Crippen LogP contribution in [0.4, 0.5) is 18.9 Å². The minimum Gasteiger partial charge on any atom is -0.508 e. The standard InChI is InChI=1S/C26H19ClF3NO5/c1-2-36-18-11-12-20(27)19(13-18)23(33)21-22(14-3-9-17(32)10-4-14)31(25(35)24(21)34)16-7-5-15(6-8-16)26(28,29)30/h3-13,22,32-33H,2H2,1H3/b23-21+. The number of alkyl halides is 3. The number of ether oxygens (including phenoxy) is 1. The Labute approximate surface area is 208 Å². The molecule has 3 aromatic rings. The molecule has 1 heterocycles. The summed E-state index contributed by atoms with van der Waals surface area (Å²) in [7, 11) is 0. The molecule has 4 rings (SSSR count). The molecule has 1 aliphatic rings. The topological polar surface area (TPSA) is 87.1 Å². The van der Waals surface area contributed by atoms with Crippen LogP contribution < -0.4 is 9.64 Å². The maximum atomic E-state index is 13.2. The van der Waals surface area contributed by atoms with Crippen LogP contribution in [0.5, 0.6) is 11.5 Å². The van der Waals surface area contributed by atoms with Crippen molar-refractivity contribution in [3.8, 4) is 11.5 Å². The summed E-state index contributed by atoms with van der Waals surface area (Å²) in [6, 6.07) is 12.5. The number of phenols is 1. The first-order valence-electron chi connectivity index (χ1n) is 10.7. The van der Waals surface area contributed by atoms with Crippen molar-refractivity contribution >= 4 is 34.7 Å². The van der Waals surface area contributed by atoms with Crippen molar-refractivity contribution < 1.29 is 37.7 Å². The summed E-state index contributed by atoms with van der Waals surface area (Å²) in [6.45, 7) is 2.09. The lowest BCUT2D eigenvalue weighted by molar-refractivity contribution is -0.137. The maximum Gasteiger partial charge on any atom is 0.416 e. The second-order valence-corrected chi connectivity index (χ2v) is 8.29. The van der Waals surface area contributed by atoms with E-state index in [9.17, 15) is 33.0 Å². The second-order valence-electron chi connectivity index (χ2n) is 7.88. The molecule has 0 bridgehead atoms. The summed E-state index contributed by atoms with van der Waals surface area (Å²) in [4.78, 5) is 27.3. The zero-order valence-electron chi connectivity index (χ0n) is 18.7. The van der Waals surface area contributed by atoms with Gasteiger partial charge >= 0.3 is 6.18 Å². The zero-order valence-corrected chi connectivity index (χ0v) is 19.5. The molecule has 0 aromatic heterocycles. The smallest absolute Gasteiger partial charge is 0.416 e. The van der Waals surface area contributed by atoms with Gasteiger partial charge in [-0.05, 0) is 67.1 Å². The second kappa shape index (κ2) is 9.58. The molecule has 1 fully saturated rings. The Balaban J connectivity index is 1.92. The van der Waals surface area contributed by atoms with Gasteiger partial charge in [0.1, 0.15) is 17.3 Å². The summed E-state index contributed by atoms with van der Waals surface area (Å²) in [5.41, 5.74) is -0.872. The van der Waals surface area contributed by atoms with Crippen molar-refractivity contribution in [1.82, 2.24) is 0 Å². The molecule has 36 heavy (non-hydrogen) atoms. The number of carbonyl (C=O) groups excluding carboxylic acids is 2. The first kappa shape index (κ1) is 25.1. The Morgan fingerprint density at radius 1 is 1.03 bits per heavy atom. The molecule has 0 radical (unpaired) electrons. The highest BCUT2D eigenvalue weighted by Crippen LogP contribution is 2.44. The van der Waals surface area contributed by atoms with E-state index in [0.717, 1.165) is 29.2 Å². The average Bonchev–Trinajstić information content (AvgIpc) is 3.10. The van der Waals surface area contributed by atoms with Crippen LogP contribution in [0.3, 0.4) is 0 Å². The number of carbonyl (C=O) groups is 2. The van der Waals surface area contributed by atoms with Crippen LogP contribution in [0.2, 0.25) is 5.02 Å². The largest absolute Gasteiger partial charge is 0.508 e. The number of phenolic OH excluding ortho intramolecular Hbond substituents is 1. The molecule has 0 spiro atoms. The Morgan fingerprint density at radius 3 is 2.25 bits per heavy atom. The summed E-state index contributed by atoms with van der Waals surface area (Å²) in [5.74, 6) is -2.40. The Morgan fingerprint density at radius 2 is 1.67 bits per heavy atom. The van der Waals surface area contributed by atoms with Crippen molar-refractivity contribution in [3.63, 3.8) is 0 Å². The molecule has 10 heteroatoms. The number of aromatic hydroxyl groups is 1. The number of ketones is 1. The number of Topliss-reactive ketones (excluding diaryl/α,β-unsaturated/α-hetero) is 1. The molecule has 1 amide bonds. The first-order chi connectivity index (χ1) is 17.0. The van der Waals surface area contributed by atoms with Crippen molar-refractivity contribution in [2.24, 2.45) is 0 Å². The molecule has 0 aliphatic carbocycles. The molecule has 186 valence electrons. The van der Waals surface area contributed by atoms with Crippen LogP contribution in [0.15, 0.2) is 72.3 Å². The van der Waals surface area contributed by atoms with Crippen molar-refractivity contribution in [2.45, 2.75) is 19.1 Å². The summed E-state index contributed by atoms with van der Waals surface area (Å²) in [5, 5.41) is 21.0. The number of nitrogens with zero attached hydrogens (tertiary/aromatic N) is 1. The number of amides is 1. The minimum atomic E-state index is -4.59. The molecule has 1 aliphatic heterocycles. The molecule has 1 saturated heterocycles. The predicted molar refractivity (Wildman–Crippen MR) is 127 cm³/mol. The first-order valence-corrected chi connectivity index (χ1v) is 11.1. The van der Waals surface area contributed by atoms with E-state index in [1.165, 1.54) is 36.4 Å². The number of halogens is 4. The summed E-state index contributed by atoms with van der Waals surface area (Å²) < 4.78 is 44.7. The number of anilines is 1. The van der Waals surface area contributed by atoms with Gasteiger partial charge in [-0.25, -0.2) is 0 Å². The van der Waals surface area contributed by atoms with Gasteiger partial charge in [0.2, 0.25) is 0 Å². The molecule has 0 saturated carbocycles. The average molecular weight is 518 g/mol. The zero-order chi connectivity index (χ0) is 26.2. The number of aliphatic hydroxyl groups excluding tert-OH is 1. The Bertz CT molecular complexity index is 1350. The van der Waals surface area contributed by atoms with Gasteiger partial charge in [0.15, 0.2) is 0 Å². The number of aliphatic hydroxyl groups is 1. The van der Waals surface area contributed by atoms with Crippen LogP contribution >= 0.6 is 11.6 Å². The van der Waals surface area contributed by atoms with Gasteiger partial charge in [-0.1, -0.05) is 23.7 Å². The minimum absolute atomic E-state index is 0.0105. The Hall–Kier alpha value is -3.98. The van der Waals surface area contributed by atoms with Gasteiger partial charge in [-0.2, -0.15) is 13.2 Å². The summed E-state index contributed by atoms with van der Waals surface area (Å²) >= 11 is 6.28. The van der Waals surface area contributed by atoms with E-state index in [4.69, 9.17) is 16.3 Å². The molecule has 1 unspecified atom stereocenters. The van der Waals surface area contributed by atoms with Crippen LogP contribution in [0.1, 0.15) is 29.7 Å². The van der Waals surface area contributed by atoms with Crippen molar-refractivity contribution in [3.05, 3.63) is 94.0 Å². The van der Waals surface area contributed by atoms with Crippen LogP contribution in [-0.4, -0.2) is 28.5 Å². The van der Waals surface area contributed by atoms with E-state index >= 15 is 0 Å². The molecule has 1 atom stereocenters. The van der Waals surface area contributed by atoms with E-state index in [1.807, 2.05) is 0 Å². The number of rotatable bonds is 5. The SMILES string of the molecule is CCOc1ccc(Cl)c(/C(O)=C2\C(=O)C(=O)N(c3ccc(C(F)(F)F)cc3)C2c2ccc(O)cc2)c1. The van der Waals surface area contributed by atoms with Crippen molar-refractivity contribution in [1.29, 1.82) is 0 Å². The lowest BCUT2D eigenvalue weighted by Gasteiger charge is -2.26. The van der Waals surface area contributed by atoms with Gasteiger partial charge in [-0.3, -0.25) is 14.5 Å². The highest BCUT2D eigenvalue weighted by Gasteiger charge is 2.47. The maximum absolute atomic E-state index is 13.2. The molecule has 3 aromatic carbocycles. The molecular weight excluding hydrogens is 499 g/mol. The van der Waals surface area contributed by atoms with E-state index in [0.29, 0.717) is 17.9 Å². The van der Waals surface area contributed by atoms with Gasteiger partial charge in [0, 0.05) is 11.3 Å². The van der Waals surface area contributed by atoms with Crippen LogP contribution in [-0.2, 0) is 15.8 Å². The molecular formula is C26H19ClF3NO5. The summed E-state index contributed by atoms with van der Waals surface area (Å²) in [6.07, 6.45) is -4.59. The van der Waals surface area contributed by atoms with Gasteiger partial charge < -0.3 is 14.9 Å². The number of hydrogen-bond donors (Lipinski definition) is 2. The highest BCUT2D eigenvalue weighted by molar-refractivity contribution is 6.52. The number of benzene rings is 3. The Kier molecular flexibility index (Phi) is 6.69. The quantitative estimate of drug-likeness (QED) is 0.243. The normalized spacial score (nSPS) is 17.5. The molecule has 6 nitrogen and oxygen atoms in total. The third kappa shape index (κ3) is 4.61. The van der Waals surface area contributed by atoms with E-state index in [-0.39, 0.29) is 27.6 Å². The van der Waals surface area contributed by atoms with Crippen molar-refractivity contribution in [2.75, 3.05) is 11.5 Å². The third-order valence-electron chi connectivity index (χ3n) is 5.63. The van der Waals surface area contributed by atoms with Crippen LogP contribution in [0, 0.1) is 0 Å². The van der Waals surface area contributed by atoms with Gasteiger partial charge in [-0.15, -0.1) is 0 Å². The molecule has 2 N–H and O–H groups in total. The van der Waals surface area contributed by atoms with Gasteiger partial charge in [0.05, 0.1) is 28.8 Å². The highest BCUT2D eigenvalue weighted by atomic mass is 35.5. The fourth-order valence-electron chi connectivity index (χ4n) is 3.97.